The van der Waals surface area contributed by atoms with Gasteiger partial charge in [0, 0.05) is 6.20 Å². The summed E-state index contributed by atoms with van der Waals surface area (Å²) in [5.74, 6) is 0. The largest absolute Gasteiger partial charge is 0.277 e. The summed E-state index contributed by atoms with van der Waals surface area (Å²) in [5, 5.41) is 0. The minimum absolute atomic E-state index is 0.515. The first-order valence-electron chi connectivity index (χ1n) is 1.91. The Balaban J connectivity index is 2.51. The molecule has 1 heterocycles. The van der Waals surface area contributed by atoms with Crippen LogP contribution in [0.5, 0.6) is 0 Å². The van der Waals surface area contributed by atoms with Crippen molar-refractivity contribution in [3.63, 3.8) is 0 Å². The molecule has 1 atom stereocenters. The molecule has 0 spiro atoms. The molecule has 0 saturated heterocycles. The minimum atomic E-state index is 0.515. The van der Waals surface area contributed by atoms with Gasteiger partial charge in [0.25, 0.3) is 0 Å². The van der Waals surface area contributed by atoms with Crippen molar-refractivity contribution in [2.75, 3.05) is 0 Å². The fourth-order valence-electron chi connectivity index (χ4n) is 0.244. The van der Waals surface area contributed by atoms with Gasteiger partial charge in [-0.15, -0.1) is 0 Å². The van der Waals surface area contributed by atoms with Crippen LogP contribution in [0.1, 0.15) is 0 Å². The van der Waals surface area contributed by atoms with Gasteiger partial charge in [0.2, 0.25) is 0 Å². The highest BCUT2D eigenvalue weighted by atomic mass is 31.2. The normalized spacial score (nSPS) is 23.8. The predicted octanol–water partition coefficient (Wildman–Crippen LogP) is 3.04. The van der Waals surface area contributed by atoms with Crippen molar-refractivity contribution in [1.82, 2.24) is 4.44 Å². The molecule has 8 heavy (non-hydrogen) atoms. The fraction of sp³-hybridized carbons (Fsp3) is 0. The first-order valence-corrected chi connectivity index (χ1v) is 4.41. The molecule has 0 saturated carbocycles. The smallest absolute Gasteiger partial charge is 0.160 e. The average Bonchev–Trinajstić information content (AvgIpc) is 1.90. The van der Waals surface area contributed by atoms with Crippen LogP contribution in [0.3, 0.4) is 0 Å². The molecule has 3 nitrogen and oxygen atoms in total. The topological polar surface area (TPSA) is 28.0 Å². The lowest BCUT2D eigenvalue weighted by molar-refractivity contribution is 1.02. The summed E-state index contributed by atoms with van der Waals surface area (Å²) in [4.78, 5) is 0. The maximum Gasteiger partial charge on any atom is 0.160 e. The SMILES string of the molecule is C=CN1P=NP=NP1. The van der Waals surface area contributed by atoms with E-state index in [1.54, 1.807) is 6.20 Å². The standard InChI is InChI=1S/C2H4N3P3/c1-2-5-7-3-6-4-8-5/h2,7H,1H2. The summed E-state index contributed by atoms with van der Waals surface area (Å²) in [6.07, 6.45) is 1.75. The fourth-order valence-corrected chi connectivity index (χ4v) is 2.81. The summed E-state index contributed by atoms with van der Waals surface area (Å²) in [6, 6.07) is 0. The summed E-state index contributed by atoms with van der Waals surface area (Å²) >= 11 is 0. The second-order valence-corrected chi connectivity index (χ2v) is 4.36. The third kappa shape index (κ3) is 1.59. The molecule has 0 aliphatic carbocycles. The quantitative estimate of drug-likeness (QED) is 0.546. The van der Waals surface area contributed by atoms with E-state index in [9.17, 15) is 0 Å². The van der Waals surface area contributed by atoms with E-state index in [2.05, 4.69) is 15.6 Å². The van der Waals surface area contributed by atoms with Gasteiger partial charge in [-0.25, -0.2) is 4.52 Å². The van der Waals surface area contributed by atoms with Crippen molar-refractivity contribution in [1.29, 1.82) is 0 Å². The lowest BCUT2D eigenvalue weighted by Crippen LogP contribution is -1.82. The first-order chi connectivity index (χ1) is 3.93. The summed E-state index contributed by atoms with van der Waals surface area (Å²) in [6.45, 7) is 3.59. The molecule has 0 radical (unpaired) electrons. The van der Waals surface area contributed by atoms with E-state index in [0.29, 0.717) is 8.88 Å². The molecule has 0 bridgehead atoms. The highest BCUT2D eigenvalue weighted by Gasteiger charge is 1.94. The van der Waals surface area contributed by atoms with E-state index in [1.807, 2.05) is 4.44 Å². The third-order valence-corrected chi connectivity index (χ3v) is 3.18. The molecule has 0 aromatic rings. The average molecular weight is 163 g/mol. The van der Waals surface area contributed by atoms with Gasteiger partial charge < -0.3 is 0 Å². The van der Waals surface area contributed by atoms with Crippen LogP contribution in [0.4, 0.5) is 0 Å². The molecule has 42 valence electrons. The van der Waals surface area contributed by atoms with Crippen LogP contribution >= 0.6 is 25.9 Å². The van der Waals surface area contributed by atoms with Gasteiger partial charge in [-0.1, -0.05) is 6.58 Å². The highest BCUT2D eigenvalue weighted by Crippen LogP contribution is 2.38. The van der Waals surface area contributed by atoms with E-state index in [0.717, 1.165) is 17.0 Å². The minimum Gasteiger partial charge on any atom is -0.277 e. The molecule has 1 aliphatic rings. The Kier molecular flexibility index (Phi) is 2.55. The van der Waals surface area contributed by atoms with Crippen molar-refractivity contribution in [2.45, 2.75) is 0 Å². The lowest BCUT2D eigenvalue weighted by Gasteiger charge is -2.07. The van der Waals surface area contributed by atoms with Crippen molar-refractivity contribution >= 4 is 25.9 Å². The van der Waals surface area contributed by atoms with Crippen molar-refractivity contribution < 1.29 is 0 Å². The van der Waals surface area contributed by atoms with E-state index in [1.165, 1.54) is 0 Å². The monoisotopic (exact) mass is 163 g/mol. The van der Waals surface area contributed by atoms with Gasteiger partial charge in [0.1, 0.15) is 17.4 Å². The van der Waals surface area contributed by atoms with E-state index >= 15 is 0 Å². The van der Waals surface area contributed by atoms with Gasteiger partial charge in [0.15, 0.2) is 8.52 Å². The molecule has 1 unspecified atom stereocenters. The highest BCUT2D eigenvalue weighted by molar-refractivity contribution is 7.55. The molecular formula is C2H4N3P3. The predicted molar refractivity (Wildman–Crippen MR) is 39.0 cm³/mol. The molecule has 0 aromatic carbocycles. The van der Waals surface area contributed by atoms with Crippen LogP contribution in [-0.4, -0.2) is 4.44 Å². The van der Waals surface area contributed by atoms with Crippen molar-refractivity contribution in [2.24, 2.45) is 9.03 Å². The maximum absolute atomic E-state index is 4.01. The van der Waals surface area contributed by atoms with Gasteiger partial charge in [0.05, 0.1) is 0 Å². The number of hydrogen-bond acceptors (Lipinski definition) is 3. The zero-order chi connectivity index (χ0) is 5.82. The molecule has 1 rings (SSSR count). The molecule has 1 aliphatic heterocycles. The van der Waals surface area contributed by atoms with E-state index in [-0.39, 0.29) is 0 Å². The van der Waals surface area contributed by atoms with Crippen LogP contribution in [0.25, 0.3) is 0 Å². The molecule has 0 N–H and O–H groups in total. The molecule has 6 heteroatoms. The molecule has 0 amide bonds. The molecule has 0 fully saturated rings. The maximum atomic E-state index is 4.01. The zero-order valence-electron chi connectivity index (χ0n) is 4.02. The van der Waals surface area contributed by atoms with Crippen molar-refractivity contribution in [3.05, 3.63) is 12.8 Å². The van der Waals surface area contributed by atoms with Gasteiger partial charge in [-0.3, -0.25) is 4.44 Å². The Hall–Kier alpha value is 0.170. The van der Waals surface area contributed by atoms with Crippen LogP contribution in [0, 0.1) is 0 Å². The van der Waals surface area contributed by atoms with Crippen LogP contribution in [-0.2, 0) is 0 Å². The van der Waals surface area contributed by atoms with Gasteiger partial charge in [-0.2, -0.15) is 4.52 Å². The molecular weight excluding hydrogens is 159 g/mol. The van der Waals surface area contributed by atoms with Gasteiger partial charge in [-0.05, 0) is 0 Å². The van der Waals surface area contributed by atoms with E-state index in [4.69, 9.17) is 0 Å². The Bertz CT molecular complexity index is 141. The zero-order valence-corrected chi connectivity index (χ0v) is 6.81. The summed E-state index contributed by atoms with van der Waals surface area (Å²) in [7, 11) is 2.35. The molecule has 0 aromatic heterocycles. The third-order valence-electron chi connectivity index (χ3n) is 0.541. The van der Waals surface area contributed by atoms with Crippen molar-refractivity contribution in [3.8, 4) is 0 Å². The second-order valence-electron chi connectivity index (χ2n) is 0.995. The van der Waals surface area contributed by atoms with Crippen LogP contribution in [0.2, 0.25) is 0 Å². The van der Waals surface area contributed by atoms with Crippen LogP contribution in [0.15, 0.2) is 21.8 Å². The second kappa shape index (κ2) is 3.25. The Morgan fingerprint density at radius 3 is 3.00 bits per heavy atom. The lowest BCUT2D eigenvalue weighted by atomic mass is 11.1. The van der Waals surface area contributed by atoms with Crippen LogP contribution < -0.4 is 0 Å². The Labute approximate surface area is 52.9 Å². The Morgan fingerprint density at radius 2 is 2.62 bits per heavy atom. The number of rotatable bonds is 1. The first kappa shape index (κ1) is 6.29. The number of nitrogens with zero attached hydrogens (tertiary/aromatic N) is 3. The Morgan fingerprint density at radius 1 is 1.75 bits per heavy atom. The summed E-state index contributed by atoms with van der Waals surface area (Å²) in [5.41, 5.74) is 0. The van der Waals surface area contributed by atoms with Gasteiger partial charge >= 0.3 is 0 Å². The number of hydrogen-bond donors (Lipinski definition) is 0. The summed E-state index contributed by atoms with van der Waals surface area (Å²) < 4.78 is 9.92. The van der Waals surface area contributed by atoms with E-state index < -0.39 is 0 Å².